The number of fused-ring (bicyclic) bond motifs is 9. The summed E-state index contributed by atoms with van der Waals surface area (Å²) in [6, 6.07) is 51.9. The predicted molar refractivity (Wildman–Crippen MR) is 208 cm³/mol. The third-order valence-electron chi connectivity index (χ3n) is 10.2. The Balaban J connectivity index is 1.27. The standard InChI is InChI=1S/C45H28N6/c1-2-13-31(14-3-1)49-39-18-6-7-19-40(39)51-44-33(16-8-20-42(44)49)34-21-22-41-43(45(34)51)35-15-4-5-17-38(35)50(41)32-25-36(29-11-9-23-46-27-29)48-37(26-32)30-12-10-24-47-28-30/h1-28H. The summed E-state index contributed by atoms with van der Waals surface area (Å²) < 4.78 is 4.89. The zero-order chi connectivity index (χ0) is 33.5. The van der Waals surface area contributed by atoms with E-state index in [2.05, 4.69) is 157 Å². The Labute approximate surface area is 293 Å². The van der Waals surface area contributed by atoms with E-state index in [1.165, 1.54) is 38.3 Å². The molecule has 0 saturated carbocycles. The number of pyridine rings is 3. The first-order valence-corrected chi connectivity index (χ1v) is 17.1. The van der Waals surface area contributed by atoms with Crippen molar-refractivity contribution in [2.45, 2.75) is 0 Å². The zero-order valence-electron chi connectivity index (χ0n) is 27.3. The van der Waals surface area contributed by atoms with Crippen LogP contribution in [0.5, 0.6) is 0 Å². The first kappa shape index (κ1) is 27.9. The maximum absolute atomic E-state index is 5.12. The van der Waals surface area contributed by atoms with Gasteiger partial charge in [0.1, 0.15) is 0 Å². The van der Waals surface area contributed by atoms with Crippen molar-refractivity contribution in [1.82, 2.24) is 24.1 Å². The molecule has 0 radical (unpaired) electrons. The SMILES string of the molecule is c1ccc(N2c3ccccc3-n3c4c2cccc4c2ccc4c(c5ccccc5n4-c4cc(-c5cccnc5)nc(-c5cccnc5)c4)c23)cc1. The molecule has 0 fully saturated rings. The third kappa shape index (κ3) is 4.01. The average molecular weight is 653 g/mol. The van der Waals surface area contributed by atoms with Crippen molar-refractivity contribution >= 4 is 60.7 Å². The highest BCUT2D eigenvalue weighted by atomic mass is 15.2. The van der Waals surface area contributed by atoms with E-state index in [0.717, 1.165) is 56.3 Å². The Morgan fingerprint density at radius 2 is 1.06 bits per heavy atom. The van der Waals surface area contributed by atoms with Gasteiger partial charge in [0.05, 0.1) is 56.2 Å². The van der Waals surface area contributed by atoms with E-state index in [1.54, 1.807) is 12.4 Å². The molecule has 5 aromatic heterocycles. The van der Waals surface area contributed by atoms with Crippen molar-refractivity contribution in [3.63, 3.8) is 0 Å². The first-order valence-electron chi connectivity index (χ1n) is 17.1. The number of hydrogen-bond acceptors (Lipinski definition) is 4. The highest BCUT2D eigenvalue weighted by molar-refractivity contribution is 6.28. The van der Waals surface area contributed by atoms with Gasteiger partial charge in [-0.15, -0.1) is 0 Å². The van der Waals surface area contributed by atoms with Crippen LogP contribution in [0.25, 0.3) is 77.5 Å². The molecule has 10 aromatic rings. The number of benzene rings is 5. The molecular formula is C45H28N6. The summed E-state index contributed by atoms with van der Waals surface area (Å²) in [6.45, 7) is 0. The number of rotatable bonds is 4. The van der Waals surface area contributed by atoms with Crippen LogP contribution in [0.3, 0.4) is 0 Å². The summed E-state index contributed by atoms with van der Waals surface area (Å²) >= 11 is 0. The maximum atomic E-state index is 5.12. The van der Waals surface area contributed by atoms with Gasteiger partial charge in [0.25, 0.3) is 0 Å². The van der Waals surface area contributed by atoms with Crippen molar-refractivity contribution in [2.75, 3.05) is 4.90 Å². The Hall–Kier alpha value is -7.05. The summed E-state index contributed by atoms with van der Waals surface area (Å²) in [7, 11) is 0. The Morgan fingerprint density at radius 1 is 0.412 bits per heavy atom. The van der Waals surface area contributed by atoms with Crippen molar-refractivity contribution in [1.29, 1.82) is 0 Å². The topological polar surface area (TPSA) is 51.8 Å². The van der Waals surface area contributed by atoms with Gasteiger partial charge in [0.15, 0.2) is 0 Å². The van der Waals surface area contributed by atoms with Gasteiger partial charge in [-0.2, -0.15) is 0 Å². The lowest BCUT2D eigenvalue weighted by molar-refractivity contribution is 1.11. The minimum Gasteiger partial charge on any atom is -0.309 e. The molecule has 6 heterocycles. The molecule has 0 atom stereocenters. The largest absolute Gasteiger partial charge is 0.309 e. The molecule has 51 heavy (non-hydrogen) atoms. The van der Waals surface area contributed by atoms with Gasteiger partial charge in [-0.25, -0.2) is 4.98 Å². The van der Waals surface area contributed by atoms with Crippen molar-refractivity contribution in [3.8, 4) is 33.9 Å². The van der Waals surface area contributed by atoms with E-state index in [0.29, 0.717) is 0 Å². The summed E-state index contributed by atoms with van der Waals surface area (Å²) in [5, 5.41) is 4.88. The molecule has 0 spiro atoms. The van der Waals surface area contributed by atoms with Crippen LogP contribution in [0, 0.1) is 0 Å². The maximum Gasteiger partial charge on any atom is 0.0783 e. The van der Waals surface area contributed by atoms with E-state index >= 15 is 0 Å². The second kappa shape index (κ2) is 10.7. The number of hydrogen-bond donors (Lipinski definition) is 0. The van der Waals surface area contributed by atoms with Crippen molar-refractivity contribution in [2.24, 2.45) is 0 Å². The van der Waals surface area contributed by atoms with E-state index < -0.39 is 0 Å². The molecule has 1 aliphatic rings. The Bertz CT molecular complexity index is 2910. The smallest absolute Gasteiger partial charge is 0.0783 e. The van der Waals surface area contributed by atoms with Gasteiger partial charge in [0.2, 0.25) is 0 Å². The van der Waals surface area contributed by atoms with Gasteiger partial charge >= 0.3 is 0 Å². The molecular weight excluding hydrogens is 625 g/mol. The number of aromatic nitrogens is 5. The van der Waals surface area contributed by atoms with Gasteiger partial charge in [-0.1, -0.05) is 66.7 Å². The van der Waals surface area contributed by atoms with Gasteiger partial charge in [-0.05, 0) is 78.9 Å². The normalized spacial score (nSPS) is 12.3. The van der Waals surface area contributed by atoms with E-state index in [1.807, 2.05) is 24.5 Å². The third-order valence-corrected chi connectivity index (χ3v) is 10.2. The molecule has 5 aromatic carbocycles. The van der Waals surface area contributed by atoms with Crippen LogP contribution in [0.15, 0.2) is 170 Å². The molecule has 0 bridgehead atoms. The molecule has 0 N–H and O–H groups in total. The fraction of sp³-hybridized carbons (Fsp3) is 0. The molecule has 1 aliphatic heterocycles. The zero-order valence-corrected chi connectivity index (χ0v) is 27.3. The van der Waals surface area contributed by atoms with Crippen LogP contribution < -0.4 is 4.90 Å². The average Bonchev–Trinajstić information content (AvgIpc) is 3.73. The molecule has 11 rings (SSSR count). The predicted octanol–water partition coefficient (Wildman–Crippen LogP) is 11.2. The van der Waals surface area contributed by atoms with Crippen molar-refractivity contribution < 1.29 is 0 Å². The van der Waals surface area contributed by atoms with Crippen LogP contribution >= 0.6 is 0 Å². The van der Waals surface area contributed by atoms with Gasteiger partial charge in [-0.3, -0.25) is 9.97 Å². The molecule has 6 heteroatoms. The first-order chi connectivity index (χ1) is 25.3. The lowest BCUT2D eigenvalue weighted by Crippen LogP contribution is -2.17. The van der Waals surface area contributed by atoms with Crippen LogP contribution in [-0.4, -0.2) is 24.1 Å². The lowest BCUT2D eigenvalue weighted by atomic mass is 10.1. The van der Waals surface area contributed by atoms with Crippen LogP contribution in [0.4, 0.5) is 17.1 Å². The molecule has 6 nitrogen and oxygen atoms in total. The molecule has 0 unspecified atom stereocenters. The van der Waals surface area contributed by atoms with E-state index in [-0.39, 0.29) is 0 Å². The monoisotopic (exact) mass is 652 g/mol. The second-order valence-corrected chi connectivity index (χ2v) is 13.0. The molecule has 238 valence electrons. The van der Waals surface area contributed by atoms with Gasteiger partial charge in [0, 0.05) is 63.1 Å². The summed E-state index contributed by atoms with van der Waals surface area (Å²) in [5.41, 5.74) is 14.0. The fourth-order valence-corrected chi connectivity index (χ4v) is 8.08. The minimum absolute atomic E-state index is 0.856. The summed E-state index contributed by atoms with van der Waals surface area (Å²) in [6.07, 6.45) is 7.34. The van der Waals surface area contributed by atoms with E-state index in [9.17, 15) is 0 Å². The number of anilines is 3. The minimum atomic E-state index is 0.856. The highest BCUT2D eigenvalue weighted by Gasteiger charge is 2.30. The number of nitrogens with zero attached hydrogens (tertiary/aromatic N) is 6. The van der Waals surface area contributed by atoms with Crippen LogP contribution in [0.2, 0.25) is 0 Å². The Kier molecular flexibility index (Phi) is 5.86. The second-order valence-electron chi connectivity index (χ2n) is 13.0. The fourth-order valence-electron chi connectivity index (χ4n) is 8.08. The number of para-hydroxylation sites is 5. The van der Waals surface area contributed by atoms with Gasteiger partial charge < -0.3 is 14.0 Å². The Morgan fingerprint density at radius 3 is 1.80 bits per heavy atom. The molecule has 0 saturated heterocycles. The lowest BCUT2D eigenvalue weighted by Gasteiger charge is -2.33. The highest BCUT2D eigenvalue weighted by Crippen LogP contribution is 2.51. The summed E-state index contributed by atoms with van der Waals surface area (Å²) in [5.74, 6) is 0. The molecule has 0 aliphatic carbocycles. The van der Waals surface area contributed by atoms with Crippen LogP contribution in [-0.2, 0) is 0 Å². The van der Waals surface area contributed by atoms with Crippen LogP contribution in [0.1, 0.15) is 0 Å². The summed E-state index contributed by atoms with van der Waals surface area (Å²) in [4.78, 5) is 16.4. The molecule has 0 amide bonds. The quantitative estimate of drug-likeness (QED) is 0.190. The van der Waals surface area contributed by atoms with E-state index in [4.69, 9.17) is 4.98 Å². The van der Waals surface area contributed by atoms with Crippen molar-refractivity contribution in [3.05, 3.63) is 170 Å².